The number of esters is 2. The molecule has 0 aromatic heterocycles. The smallest absolute Gasteiger partial charge is 0.332 e. The highest BCUT2D eigenvalue weighted by Crippen LogP contribution is 2.17. The van der Waals surface area contributed by atoms with Crippen molar-refractivity contribution in [1.82, 2.24) is 10.6 Å². The van der Waals surface area contributed by atoms with E-state index in [-0.39, 0.29) is 30.2 Å². The standard InChI is InChI=1S/C13H17NO3.C13H15NO3/c2*1-3-17-13(16)9-12(14-10(2)15)11-7-5-4-6-8-11/h4-8,12H,3,9H2,1-2H3,(H,14,15);4-9H,3H2,1-2H3,(H,14,15)/b;12-9+. The van der Waals surface area contributed by atoms with Crippen LogP contribution in [-0.4, -0.2) is 37.0 Å². The van der Waals surface area contributed by atoms with Crippen molar-refractivity contribution in [3.8, 4) is 0 Å². The molecule has 2 N–H and O–H groups in total. The first kappa shape index (κ1) is 28.1. The number of amides is 2. The van der Waals surface area contributed by atoms with Gasteiger partial charge in [-0.1, -0.05) is 60.7 Å². The summed E-state index contributed by atoms with van der Waals surface area (Å²) in [6.07, 6.45) is 1.43. The Kier molecular flexibility index (Phi) is 13.1. The quantitative estimate of drug-likeness (QED) is 0.430. The van der Waals surface area contributed by atoms with Gasteiger partial charge in [0, 0.05) is 19.9 Å². The van der Waals surface area contributed by atoms with Gasteiger partial charge >= 0.3 is 11.9 Å². The molecule has 0 aliphatic rings. The van der Waals surface area contributed by atoms with Crippen LogP contribution in [-0.2, 0) is 28.7 Å². The largest absolute Gasteiger partial charge is 0.466 e. The summed E-state index contributed by atoms with van der Waals surface area (Å²) in [6.45, 7) is 6.96. The fourth-order valence-corrected chi connectivity index (χ4v) is 2.87. The summed E-state index contributed by atoms with van der Waals surface area (Å²) in [5, 5.41) is 5.35. The maximum Gasteiger partial charge on any atom is 0.332 e. The average Bonchev–Trinajstić information content (AvgIpc) is 2.79. The lowest BCUT2D eigenvalue weighted by molar-refractivity contribution is -0.144. The third-order valence-electron chi connectivity index (χ3n) is 4.20. The van der Waals surface area contributed by atoms with Gasteiger partial charge in [-0.05, 0) is 25.0 Å². The van der Waals surface area contributed by atoms with E-state index < -0.39 is 5.97 Å². The Hall–Kier alpha value is -3.94. The molecule has 2 aromatic carbocycles. The third kappa shape index (κ3) is 11.6. The van der Waals surface area contributed by atoms with Gasteiger partial charge in [-0.3, -0.25) is 14.4 Å². The lowest BCUT2D eigenvalue weighted by Gasteiger charge is -2.17. The van der Waals surface area contributed by atoms with E-state index in [2.05, 4.69) is 10.6 Å². The highest BCUT2D eigenvalue weighted by atomic mass is 16.5. The van der Waals surface area contributed by atoms with E-state index in [9.17, 15) is 19.2 Å². The van der Waals surface area contributed by atoms with E-state index in [0.717, 1.165) is 11.1 Å². The number of carbonyl (C=O) groups excluding carboxylic acids is 4. The summed E-state index contributed by atoms with van der Waals surface area (Å²) >= 11 is 0. The van der Waals surface area contributed by atoms with Crippen LogP contribution in [0.2, 0.25) is 0 Å². The summed E-state index contributed by atoms with van der Waals surface area (Å²) in [6, 6.07) is 18.2. The predicted molar refractivity (Wildman–Crippen MR) is 129 cm³/mol. The SMILES string of the molecule is CCOC(=O)/C=C(/NC(C)=O)c1ccccc1.CCOC(=O)CC(NC(C)=O)c1ccccc1. The first-order chi connectivity index (χ1) is 16.3. The van der Waals surface area contributed by atoms with Crippen LogP contribution in [0.25, 0.3) is 5.70 Å². The molecule has 0 heterocycles. The Morgan fingerprint density at radius 3 is 1.88 bits per heavy atom. The minimum absolute atomic E-state index is 0.150. The van der Waals surface area contributed by atoms with Gasteiger partial charge in [-0.15, -0.1) is 0 Å². The molecule has 1 unspecified atom stereocenters. The van der Waals surface area contributed by atoms with Crippen LogP contribution in [0.1, 0.15) is 51.3 Å². The number of carbonyl (C=O) groups is 4. The summed E-state index contributed by atoms with van der Waals surface area (Å²) in [5.74, 6) is -1.18. The normalized spacial score (nSPS) is 11.2. The fraction of sp³-hybridized carbons (Fsp3) is 0.308. The molecule has 2 amide bonds. The summed E-state index contributed by atoms with van der Waals surface area (Å²) in [5.41, 5.74) is 2.10. The zero-order valence-electron chi connectivity index (χ0n) is 20.0. The molecule has 0 radical (unpaired) electrons. The molecule has 8 heteroatoms. The maximum absolute atomic E-state index is 11.4. The molecule has 0 aliphatic heterocycles. The van der Waals surface area contributed by atoms with Gasteiger partial charge in [0.2, 0.25) is 11.8 Å². The van der Waals surface area contributed by atoms with Gasteiger partial charge in [0.15, 0.2) is 0 Å². The second-order valence-corrected chi connectivity index (χ2v) is 7.03. The van der Waals surface area contributed by atoms with Gasteiger partial charge < -0.3 is 20.1 Å². The van der Waals surface area contributed by atoms with Crippen LogP contribution in [0.4, 0.5) is 0 Å². The second kappa shape index (κ2) is 15.8. The zero-order chi connectivity index (χ0) is 25.3. The van der Waals surface area contributed by atoms with Gasteiger partial charge in [0.05, 0.1) is 31.4 Å². The Labute approximate surface area is 200 Å². The molecule has 0 saturated carbocycles. The Bertz CT molecular complexity index is 958. The number of ether oxygens (including phenoxy) is 2. The van der Waals surface area contributed by atoms with Crippen LogP contribution in [0.5, 0.6) is 0 Å². The van der Waals surface area contributed by atoms with E-state index in [0.29, 0.717) is 18.9 Å². The first-order valence-electron chi connectivity index (χ1n) is 11.0. The molecule has 0 bridgehead atoms. The molecule has 0 spiro atoms. The van der Waals surface area contributed by atoms with Gasteiger partial charge in [0.1, 0.15) is 0 Å². The van der Waals surface area contributed by atoms with Crippen molar-refractivity contribution in [2.24, 2.45) is 0 Å². The molecular formula is C26H32N2O6. The molecule has 2 aromatic rings. The van der Waals surface area contributed by atoms with Crippen molar-refractivity contribution >= 4 is 29.5 Å². The Morgan fingerprint density at radius 2 is 1.38 bits per heavy atom. The van der Waals surface area contributed by atoms with Crippen molar-refractivity contribution in [2.75, 3.05) is 13.2 Å². The van der Waals surface area contributed by atoms with Gasteiger partial charge in [-0.25, -0.2) is 4.79 Å². The zero-order valence-corrected chi connectivity index (χ0v) is 20.0. The van der Waals surface area contributed by atoms with Crippen molar-refractivity contribution in [3.63, 3.8) is 0 Å². The molecule has 0 saturated heterocycles. The number of rotatable bonds is 9. The highest BCUT2D eigenvalue weighted by molar-refractivity contribution is 5.95. The van der Waals surface area contributed by atoms with Crippen LogP contribution < -0.4 is 10.6 Å². The topological polar surface area (TPSA) is 111 Å². The Balaban J connectivity index is 0.000000340. The molecule has 2 rings (SSSR count). The van der Waals surface area contributed by atoms with E-state index >= 15 is 0 Å². The van der Waals surface area contributed by atoms with E-state index in [1.165, 1.54) is 19.9 Å². The summed E-state index contributed by atoms with van der Waals surface area (Å²) in [4.78, 5) is 45.0. The van der Waals surface area contributed by atoms with Crippen LogP contribution in [0.15, 0.2) is 66.7 Å². The molecule has 1 atom stereocenters. The summed E-state index contributed by atoms with van der Waals surface area (Å²) < 4.78 is 9.69. The minimum atomic E-state index is -0.472. The number of hydrogen-bond acceptors (Lipinski definition) is 6. The molecular weight excluding hydrogens is 436 g/mol. The summed E-state index contributed by atoms with van der Waals surface area (Å²) in [7, 11) is 0. The average molecular weight is 469 g/mol. The number of benzene rings is 2. The van der Waals surface area contributed by atoms with Crippen molar-refractivity contribution in [3.05, 3.63) is 77.9 Å². The van der Waals surface area contributed by atoms with Gasteiger partial charge in [-0.2, -0.15) is 0 Å². The van der Waals surface area contributed by atoms with E-state index in [4.69, 9.17) is 9.47 Å². The van der Waals surface area contributed by atoms with Crippen LogP contribution >= 0.6 is 0 Å². The lowest BCUT2D eigenvalue weighted by atomic mass is 10.0. The van der Waals surface area contributed by atoms with E-state index in [1.807, 2.05) is 48.5 Å². The maximum atomic E-state index is 11.4. The second-order valence-electron chi connectivity index (χ2n) is 7.03. The highest BCUT2D eigenvalue weighted by Gasteiger charge is 2.17. The van der Waals surface area contributed by atoms with Crippen molar-refractivity contribution in [2.45, 2.75) is 40.2 Å². The lowest BCUT2D eigenvalue weighted by Crippen LogP contribution is -2.28. The molecule has 8 nitrogen and oxygen atoms in total. The first-order valence-corrected chi connectivity index (χ1v) is 11.0. The van der Waals surface area contributed by atoms with E-state index in [1.54, 1.807) is 26.0 Å². The molecule has 182 valence electrons. The van der Waals surface area contributed by atoms with Crippen molar-refractivity contribution < 1.29 is 28.7 Å². The molecule has 0 fully saturated rings. The number of hydrogen-bond donors (Lipinski definition) is 2. The monoisotopic (exact) mass is 468 g/mol. The Morgan fingerprint density at radius 1 is 0.824 bits per heavy atom. The van der Waals surface area contributed by atoms with Crippen LogP contribution in [0.3, 0.4) is 0 Å². The molecule has 34 heavy (non-hydrogen) atoms. The number of nitrogens with one attached hydrogen (secondary N) is 2. The van der Waals surface area contributed by atoms with Crippen LogP contribution in [0, 0.1) is 0 Å². The molecule has 0 aliphatic carbocycles. The third-order valence-corrected chi connectivity index (χ3v) is 4.20. The minimum Gasteiger partial charge on any atom is -0.466 e. The van der Waals surface area contributed by atoms with Gasteiger partial charge in [0.25, 0.3) is 0 Å². The van der Waals surface area contributed by atoms with Crippen molar-refractivity contribution in [1.29, 1.82) is 0 Å². The fourth-order valence-electron chi connectivity index (χ4n) is 2.87. The predicted octanol–water partition coefficient (Wildman–Crippen LogP) is 3.54.